The number of ether oxygens (including phenoxy) is 1. The predicted molar refractivity (Wildman–Crippen MR) is 185 cm³/mol. The van der Waals surface area contributed by atoms with Gasteiger partial charge in [-0.05, 0) is 69.4 Å². The van der Waals surface area contributed by atoms with E-state index >= 15 is 4.39 Å². The largest absolute Gasteiger partial charge is 0.358 e. The predicted octanol–water partition coefficient (Wildman–Crippen LogP) is 5.88. The highest BCUT2D eigenvalue weighted by Crippen LogP contribution is 2.34. The fraction of sp³-hybridized carbons (Fsp3) is 0.594. The molecule has 0 saturated heterocycles. The van der Waals surface area contributed by atoms with E-state index in [1.54, 1.807) is 45.5 Å². The average molecular weight is 664 g/mol. The lowest BCUT2D eigenvalue weighted by molar-refractivity contribution is -0.118. The molecule has 0 bridgehead atoms. The summed E-state index contributed by atoms with van der Waals surface area (Å²) in [4.78, 5) is 30.7. The van der Waals surface area contributed by atoms with Crippen molar-refractivity contribution < 1.29 is 18.7 Å². The molecule has 2 N–H and O–H groups in total. The van der Waals surface area contributed by atoms with E-state index in [1.165, 1.54) is 0 Å². The number of nitrogens with one attached hydrogen (secondary N) is 2. The molecular weight excluding hydrogens is 614 g/mol. The Balaban J connectivity index is 1.74. The Morgan fingerprint density at radius 1 is 1.13 bits per heavy atom. The smallest absolute Gasteiger partial charge is 0.270 e. The third-order valence-corrected chi connectivity index (χ3v) is 9.75. The molecule has 3 rings (SSSR count). The minimum Gasteiger partial charge on any atom is -0.358 e. The number of halogens is 1. The molecule has 0 aliphatic heterocycles. The van der Waals surface area contributed by atoms with Gasteiger partial charge in [0.2, 0.25) is 11.9 Å². The first-order valence-electron chi connectivity index (χ1n) is 15.4. The van der Waals surface area contributed by atoms with Gasteiger partial charge in [0.05, 0.1) is 18.8 Å². The Labute approximate surface area is 273 Å². The Kier molecular flexibility index (Phi) is 13.9. The standard InChI is InChI=1S/C32H50FN7O3S2/c1-9-22(2)11-10-12-26(35-32(42)27-15-16-34-39(27)17-19-44-5)31(41)37-28-14-13-25(30(33)36-28)29-23(3)38-40(24(29)4)21-43-18-20-45(6,7)8/h13-16,22,26H,9-12,17-21H2,1-8H3,(H,35,42)(H,36,37,41)/t22-,26+/m1/s1. The Hall–Kier alpha value is -2.90. The Morgan fingerprint density at radius 2 is 1.89 bits per heavy atom. The van der Waals surface area contributed by atoms with Crippen LogP contribution in [-0.2, 0) is 22.8 Å². The molecule has 0 aliphatic carbocycles. The number of pyridine rings is 1. The number of anilines is 1. The fourth-order valence-corrected chi connectivity index (χ4v) is 5.81. The maximum absolute atomic E-state index is 15.5. The lowest BCUT2D eigenvalue weighted by Crippen LogP contribution is -2.44. The molecule has 13 heteroatoms. The molecule has 0 fully saturated rings. The first-order valence-corrected chi connectivity index (χ1v) is 19.8. The Morgan fingerprint density at radius 3 is 2.56 bits per heavy atom. The molecule has 3 aromatic rings. The number of carbonyl (C=O) groups excluding carboxylic acids is 2. The van der Waals surface area contributed by atoms with Crippen molar-refractivity contribution in [2.75, 3.05) is 48.5 Å². The van der Waals surface area contributed by atoms with Crippen molar-refractivity contribution in [2.45, 2.75) is 72.7 Å². The zero-order valence-corrected chi connectivity index (χ0v) is 29.6. The lowest BCUT2D eigenvalue weighted by Gasteiger charge is -2.24. The molecule has 0 aromatic carbocycles. The Bertz CT molecular complexity index is 1420. The topological polar surface area (TPSA) is 116 Å². The second kappa shape index (κ2) is 17.1. The zero-order valence-electron chi connectivity index (χ0n) is 28.0. The van der Waals surface area contributed by atoms with Gasteiger partial charge in [0.25, 0.3) is 5.91 Å². The van der Waals surface area contributed by atoms with E-state index in [1.807, 2.05) is 20.1 Å². The van der Waals surface area contributed by atoms with Gasteiger partial charge in [0.1, 0.15) is 24.3 Å². The van der Waals surface area contributed by atoms with E-state index in [9.17, 15) is 9.59 Å². The van der Waals surface area contributed by atoms with E-state index in [0.717, 1.165) is 36.5 Å². The van der Waals surface area contributed by atoms with Crippen LogP contribution in [0.5, 0.6) is 0 Å². The third-order valence-electron chi connectivity index (χ3n) is 7.77. The van der Waals surface area contributed by atoms with Crippen LogP contribution in [0.2, 0.25) is 0 Å². The summed E-state index contributed by atoms with van der Waals surface area (Å²) < 4.78 is 24.7. The highest BCUT2D eigenvalue weighted by Gasteiger charge is 2.25. The normalized spacial score (nSPS) is 13.4. The van der Waals surface area contributed by atoms with Crippen LogP contribution in [-0.4, -0.2) is 85.5 Å². The number of thioether (sulfide) groups is 1. The van der Waals surface area contributed by atoms with Gasteiger partial charge in [-0.25, -0.2) is 19.7 Å². The number of aromatic nitrogens is 5. The molecule has 3 aromatic heterocycles. The molecule has 2 atom stereocenters. The second-order valence-corrected chi connectivity index (χ2v) is 17.9. The van der Waals surface area contributed by atoms with Gasteiger partial charge in [-0.15, -0.1) is 0 Å². The van der Waals surface area contributed by atoms with Gasteiger partial charge in [0.15, 0.2) is 0 Å². The van der Waals surface area contributed by atoms with Crippen molar-refractivity contribution in [3.8, 4) is 11.1 Å². The van der Waals surface area contributed by atoms with Crippen LogP contribution in [0.15, 0.2) is 24.4 Å². The van der Waals surface area contributed by atoms with E-state index in [4.69, 9.17) is 4.74 Å². The van der Waals surface area contributed by atoms with Crippen LogP contribution in [0.25, 0.3) is 11.1 Å². The van der Waals surface area contributed by atoms with E-state index in [0.29, 0.717) is 48.0 Å². The summed E-state index contributed by atoms with van der Waals surface area (Å²) in [7, 11) is -0.657. The summed E-state index contributed by atoms with van der Waals surface area (Å²) in [6, 6.07) is 4.00. The van der Waals surface area contributed by atoms with E-state index in [2.05, 4.69) is 58.4 Å². The van der Waals surface area contributed by atoms with Crippen molar-refractivity contribution in [3.63, 3.8) is 0 Å². The monoisotopic (exact) mass is 663 g/mol. The van der Waals surface area contributed by atoms with Gasteiger partial charge in [-0.3, -0.25) is 14.3 Å². The number of aryl methyl sites for hydroxylation is 2. The summed E-state index contributed by atoms with van der Waals surface area (Å²) in [5, 5.41) is 14.4. The molecule has 2 amide bonds. The van der Waals surface area contributed by atoms with Crippen molar-refractivity contribution in [1.29, 1.82) is 0 Å². The number of hydrogen-bond donors (Lipinski definition) is 2. The number of hydrogen-bond acceptors (Lipinski definition) is 7. The van der Waals surface area contributed by atoms with Gasteiger partial charge in [-0.1, -0.05) is 33.1 Å². The van der Waals surface area contributed by atoms with Crippen LogP contribution in [0.3, 0.4) is 0 Å². The van der Waals surface area contributed by atoms with E-state index in [-0.39, 0.29) is 18.5 Å². The van der Waals surface area contributed by atoms with Crippen molar-refractivity contribution in [1.82, 2.24) is 29.9 Å². The van der Waals surface area contributed by atoms with Gasteiger partial charge < -0.3 is 15.4 Å². The molecule has 45 heavy (non-hydrogen) atoms. The maximum atomic E-state index is 15.5. The van der Waals surface area contributed by atoms with Crippen molar-refractivity contribution in [2.24, 2.45) is 5.92 Å². The minimum atomic E-state index is -0.822. The van der Waals surface area contributed by atoms with Crippen molar-refractivity contribution in [3.05, 3.63) is 47.4 Å². The summed E-state index contributed by atoms with van der Waals surface area (Å²) in [6.45, 7) is 9.51. The van der Waals surface area contributed by atoms with Crippen LogP contribution in [0, 0.1) is 25.7 Å². The molecule has 0 spiro atoms. The van der Waals surface area contributed by atoms with Crippen LogP contribution in [0.1, 0.15) is 61.4 Å². The highest BCUT2D eigenvalue weighted by atomic mass is 32.3. The van der Waals surface area contributed by atoms with Crippen LogP contribution < -0.4 is 10.6 Å². The fourth-order valence-electron chi connectivity index (χ4n) is 4.83. The number of carbonyl (C=O) groups is 2. The summed E-state index contributed by atoms with van der Waals surface area (Å²) >= 11 is 1.66. The molecule has 0 aliphatic rings. The van der Waals surface area contributed by atoms with Crippen molar-refractivity contribution >= 4 is 39.4 Å². The highest BCUT2D eigenvalue weighted by molar-refractivity contribution is 8.32. The van der Waals surface area contributed by atoms with Crippen LogP contribution in [0.4, 0.5) is 10.2 Å². The molecule has 250 valence electrons. The van der Waals surface area contributed by atoms with Gasteiger partial charge in [-0.2, -0.15) is 26.3 Å². The molecule has 0 saturated carbocycles. The van der Waals surface area contributed by atoms with Gasteiger partial charge >= 0.3 is 0 Å². The minimum absolute atomic E-state index is 0.0724. The molecule has 0 unspecified atom stereocenters. The maximum Gasteiger partial charge on any atom is 0.270 e. The third kappa shape index (κ3) is 10.8. The number of rotatable bonds is 18. The number of nitrogens with zero attached hydrogens (tertiary/aromatic N) is 5. The van der Waals surface area contributed by atoms with Gasteiger partial charge in [0, 0.05) is 34.5 Å². The lowest BCUT2D eigenvalue weighted by atomic mass is 9.99. The quantitative estimate of drug-likeness (QED) is 0.129. The molecule has 0 radical (unpaired) electrons. The molecule has 3 heterocycles. The summed E-state index contributed by atoms with van der Waals surface area (Å²) in [6.07, 6.45) is 13.5. The first-order chi connectivity index (χ1) is 21.3. The van der Waals surface area contributed by atoms with E-state index < -0.39 is 27.9 Å². The SMILES string of the molecule is CC[C@@H](C)CCC[C@H](NC(=O)c1ccnn1CCSC)C(=O)Nc1ccc(-c2c(C)nn(COCCS(C)(C)C)c2C)c(F)n1. The molecule has 10 nitrogen and oxygen atoms in total. The van der Waals surface area contributed by atoms with Crippen LogP contribution >= 0.6 is 21.8 Å². The average Bonchev–Trinajstić information content (AvgIpc) is 3.56. The first kappa shape index (κ1) is 36.6. The zero-order chi connectivity index (χ0) is 33.1. The second-order valence-electron chi connectivity index (χ2n) is 12.3. The molecular formula is C32H50FN7O3S2. The number of amides is 2. The summed E-state index contributed by atoms with van der Waals surface area (Å²) in [5.74, 6) is 0.841. The summed E-state index contributed by atoms with van der Waals surface area (Å²) in [5.41, 5.74) is 2.77.